The van der Waals surface area contributed by atoms with E-state index in [0.29, 0.717) is 18.8 Å². The third-order valence-electron chi connectivity index (χ3n) is 5.44. The minimum atomic E-state index is -3.86. The second-order valence-corrected chi connectivity index (χ2v) is 9.35. The molecule has 1 saturated heterocycles. The van der Waals surface area contributed by atoms with E-state index in [1.54, 1.807) is 35.2 Å². The Balaban J connectivity index is 2.02. The molecule has 1 amide bonds. The highest BCUT2D eigenvalue weighted by atomic mass is 32.2. The quantitative estimate of drug-likeness (QED) is 0.767. The van der Waals surface area contributed by atoms with Crippen LogP contribution in [-0.2, 0) is 14.8 Å². The number of hydrogen-bond donors (Lipinski definition) is 0. The van der Waals surface area contributed by atoms with E-state index in [0.717, 1.165) is 36.0 Å². The number of benzene rings is 2. The van der Waals surface area contributed by atoms with Crippen molar-refractivity contribution in [2.45, 2.75) is 44.9 Å². The van der Waals surface area contributed by atoms with Gasteiger partial charge in [0.15, 0.2) is 0 Å². The van der Waals surface area contributed by atoms with Crippen molar-refractivity contribution in [3.8, 4) is 0 Å². The molecule has 28 heavy (non-hydrogen) atoms. The molecule has 1 aliphatic rings. The molecule has 0 N–H and O–H groups in total. The van der Waals surface area contributed by atoms with Gasteiger partial charge in [0, 0.05) is 13.1 Å². The van der Waals surface area contributed by atoms with Gasteiger partial charge in [-0.15, -0.1) is 0 Å². The van der Waals surface area contributed by atoms with Crippen LogP contribution in [0.3, 0.4) is 0 Å². The summed E-state index contributed by atoms with van der Waals surface area (Å²) in [6, 6.07) is 12.3. The van der Waals surface area contributed by atoms with Crippen LogP contribution in [0.4, 0.5) is 5.69 Å². The molecule has 0 atom stereocenters. The van der Waals surface area contributed by atoms with Crippen molar-refractivity contribution < 1.29 is 13.2 Å². The van der Waals surface area contributed by atoms with Gasteiger partial charge in [0.1, 0.15) is 6.54 Å². The Kier molecular flexibility index (Phi) is 6.08. The van der Waals surface area contributed by atoms with E-state index in [1.807, 2.05) is 32.9 Å². The van der Waals surface area contributed by atoms with E-state index in [1.165, 1.54) is 4.31 Å². The summed E-state index contributed by atoms with van der Waals surface area (Å²) >= 11 is 0. The van der Waals surface area contributed by atoms with Crippen LogP contribution in [0.25, 0.3) is 0 Å². The Labute approximate surface area is 168 Å². The number of piperidine rings is 1. The summed E-state index contributed by atoms with van der Waals surface area (Å²) in [6.45, 7) is 6.98. The number of amides is 1. The summed E-state index contributed by atoms with van der Waals surface area (Å²) < 4.78 is 28.2. The fourth-order valence-electron chi connectivity index (χ4n) is 3.51. The highest BCUT2D eigenvalue weighted by molar-refractivity contribution is 7.92. The molecule has 6 heteroatoms. The Bertz CT molecular complexity index is 946. The van der Waals surface area contributed by atoms with E-state index in [-0.39, 0.29) is 17.3 Å². The minimum absolute atomic E-state index is 0.142. The lowest BCUT2D eigenvalue weighted by molar-refractivity contribution is -0.130. The smallest absolute Gasteiger partial charge is 0.264 e. The number of anilines is 1. The van der Waals surface area contributed by atoms with E-state index in [4.69, 9.17) is 0 Å². The number of rotatable bonds is 5. The molecule has 0 saturated carbocycles. The third kappa shape index (κ3) is 4.22. The molecule has 1 fully saturated rings. The lowest BCUT2D eigenvalue weighted by Crippen LogP contribution is -2.45. The van der Waals surface area contributed by atoms with Crippen molar-refractivity contribution in [1.82, 2.24) is 4.90 Å². The lowest BCUT2D eigenvalue weighted by atomic mass is 10.1. The number of nitrogens with zero attached hydrogens (tertiary/aromatic N) is 2. The molecule has 2 aromatic carbocycles. The van der Waals surface area contributed by atoms with E-state index < -0.39 is 10.0 Å². The average Bonchev–Trinajstić information content (AvgIpc) is 2.69. The standard InChI is InChI=1S/C22H28N2O3S/c1-17-10-12-20(13-11-17)28(26,27)24(21-9-7-8-18(2)19(21)3)16-22(25)23-14-5-4-6-15-23/h7-13H,4-6,14-16H2,1-3H3. The monoisotopic (exact) mass is 400 g/mol. The van der Waals surface area contributed by atoms with Crippen LogP contribution >= 0.6 is 0 Å². The van der Waals surface area contributed by atoms with Crippen LogP contribution in [0.15, 0.2) is 47.4 Å². The van der Waals surface area contributed by atoms with Crippen molar-refractivity contribution in [3.63, 3.8) is 0 Å². The molecule has 1 heterocycles. The van der Waals surface area contributed by atoms with Gasteiger partial charge in [-0.1, -0.05) is 29.8 Å². The van der Waals surface area contributed by atoms with Crippen molar-refractivity contribution in [2.24, 2.45) is 0 Å². The first-order chi connectivity index (χ1) is 13.3. The summed E-state index contributed by atoms with van der Waals surface area (Å²) in [5.41, 5.74) is 3.41. The number of carbonyl (C=O) groups excluding carboxylic acids is 1. The predicted molar refractivity (Wildman–Crippen MR) is 112 cm³/mol. The Hall–Kier alpha value is -2.34. The fourth-order valence-corrected chi connectivity index (χ4v) is 4.98. The van der Waals surface area contributed by atoms with Crippen LogP contribution in [-0.4, -0.2) is 38.9 Å². The number of aryl methyl sites for hydroxylation is 2. The molecule has 0 radical (unpaired) electrons. The molecule has 1 aliphatic heterocycles. The Morgan fingerprint density at radius 1 is 0.964 bits per heavy atom. The van der Waals surface area contributed by atoms with Crippen LogP contribution in [0, 0.1) is 20.8 Å². The van der Waals surface area contributed by atoms with Gasteiger partial charge in [-0.3, -0.25) is 9.10 Å². The van der Waals surface area contributed by atoms with E-state index in [2.05, 4.69) is 0 Å². The maximum atomic E-state index is 13.5. The molecule has 0 aromatic heterocycles. The summed E-state index contributed by atoms with van der Waals surface area (Å²) in [6.07, 6.45) is 3.06. The largest absolute Gasteiger partial charge is 0.341 e. The van der Waals surface area contributed by atoms with E-state index in [9.17, 15) is 13.2 Å². The average molecular weight is 401 g/mol. The zero-order valence-corrected chi connectivity index (χ0v) is 17.6. The lowest BCUT2D eigenvalue weighted by Gasteiger charge is -2.31. The highest BCUT2D eigenvalue weighted by Crippen LogP contribution is 2.29. The van der Waals surface area contributed by atoms with Crippen LogP contribution in [0.2, 0.25) is 0 Å². The Morgan fingerprint density at radius 2 is 1.61 bits per heavy atom. The van der Waals surface area contributed by atoms with Gasteiger partial charge in [-0.05, 0) is 69.4 Å². The summed E-state index contributed by atoms with van der Waals surface area (Å²) in [7, 11) is -3.86. The van der Waals surface area contributed by atoms with Crippen LogP contribution < -0.4 is 4.31 Å². The normalized spacial score (nSPS) is 14.8. The maximum Gasteiger partial charge on any atom is 0.264 e. The zero-order valence-electron chi connectivity index (χ0n) is 16.8. The van der Waals surface area contributed by atoms with Crippen molar-refractivity contribution in [2.75, 3.05) is 23.9 Å². The van der Waals surface area contributed by atoms with Gasteiger partial charge in [-0.2, -0.15) is 0 Å². The molecule has 5 nitrogen and oxygen atoms in total. The molecule has 0 bridgehead atoms. The molecule has 150 valence electrons. The second-order valence-electron chi connectivity index (χ2n) is 7.49. The molecule has 0 unspecified atom stereocenters. The van der Waals surface area contributed by atoms with Crippen LogP contribution in [0.5, 0.6) is 0 Å². The summed E-state index contributed by atoms with van der Waals surface area (Å²) in [4.78, 5) is 14.9. The van der Waals surface area contributed by atoms with E-state index >= 15 is 0 Å². The number of carbonyl (C=O) groups is 1. The molecule has 3 rings (SSSR count). The van der Waals surface area contributed by atoms with Gasteiger partial charge in [0.25, 0.3) is 10.0 Å². The van der Waals surface area contributed by atoms with Gasteiger partial charge in [0.2, 0.25) is 5.91 Å². The van der Waals surface area contributed by atoms with Crippen molar-refractivity contribution in [1.29, 1.82) is 0 Å². The van der Waals surface area contributed by atoms with Gasteiger partial charge >= 0.3 is 0 Å². The SMILES string of the molecule is Cc1ccc(S(=O)(=O)N(CC(=O)N2CCCCC2)c2cccc(C)c2C)cc1. The first-order valence-corrected chi connectivity index (χ1v) is 11.2. The number of hydrogen-bond acceptors (Lipinski definition) is 3. The first kappa shape index (κ1) is 20.4. The molecule has 2 aromatic rings. The first-order valence-electron chi connectivity index (χ1n) is 9.74. The third-order valence-corrected chi connectivity index (χ3v) is 7.22. The number of likely N-dealkylation sites (tertiary alicyclic amines) is 1. The topological polar surface area (TPSA) is 57.7 Å². The maximum absolute atomic E-state index is 13.5. The molecule has 0 spiro atoms. The molecular weight excluding hydrogens is 372 g/mol. The fraction of sp³-hybridized carbons (Fsp3) is 0.409. The molecular formula is C22H28N2O3S. The minimum Gasteiger partial charge on any atom is -0.341 e. The van der Waals surface area contributed by atoms with Crippen molar-refractivity contribution in [3.05, 3.63) is 59.2 Å². The second kappa shape index (κ2) is 8.35. The van der Waals surface area contributed by atoms with Crippen molar-refractivity contribution >= 4 is 21.6 Å². The number of sulfonamides is 1. The summed E-state index contributed by atoms with van der Waals surface area (Å²) in [5.74, 6) is -0.142. The summed E-state index contributed by atoms with van der Waals surface area (Å²) in [5, 5.41) is 0. The zero-order chi connectivity index (χ0) is 20.3. The van der Waals surface area contributed by atoms with Gasteiger partial charge in [-0.25, -0.2) is 8.42 Å². The van der Waals surface area contributed by atoms with Crippen LogP contribution in [0.1, 0.15) is 36.0 Å². The predicted octanol–water partition coefficient (Wildman–Crippen LogP) is 3.82. The van der Waals surface area contributed by atoms with Gasteiger partial charge < -0.3 is 4.90 Å². The van der Waals surface area contributed by atoms with Gasteiger partial charge in [0.05, 0.1) is 10.6 Å². The Morgan fingerprint density at radius 3 is 2.25 bits per heavy atom. The highest BCUT2D eigenvalue weighted by Gasteiger charge is 2.30. The molecule has 0 aliphatic carbocycles.